The van der Waals surface area contributed by atoms with Gasteiger partial charge in [-0.1, -0.05) is 0 Å². The number of nitrogens with two attached hydrogens (primary N) is 1. The van der Waals surface area contributed by atoms with E-state index in [4.69, 9.17) is 10.5 Å². The standard InChI is InChI=1S/C13H15N3O2S/c1-3-18-12-5-4-9(7-15-12)16-13(17)11-6-10(14)8(2)19-11/h4-7H,3,14H2,1-2H3,(H,16,17). The van der Waals surface area contributed by atoms with E-state index in [9.17, 15) is 4.79 Å². The summed E-state index contributed by atoms with van der Waals surface area (Å²) in [5.74, 6) is 0.354. The molecule has 0 saturated heterocycles. The fraction of sp³-hybridized carbons (Fsp3) is 0.231. The lowest BCUT2D eigenvalue weighted by Gasteiger charge is -2.05. The van der Waals surface area contributed by atoms with Crippen molar-refractivity contribution in [1.82, 2.24) is 4.98 Å². The Morgan fingerprint density at radius 1 is 1.53 bits per heavy atom. The van der Waals surface area contributed by atoms with Crippen molar-refractivity contribution in [3.63, 3.8) is 0 Å². The number of nitrogen functional groups attached to an aromatic ring is 1. The van der Waals surface area contributed by atoms with Gasteiger partial charge in [-0.25, -0.2) is 4.98 Å². The Morgan fingerprint density at radius 2 is 2.32 bits per heavy atom. The molecule has 100 valence electrons. The molecule has 5 nitrogen and oxygen atoms in total. The highest BCUT2D eigenvalue weighted by Crippen LogP contribution is 2.24. The fourth-order valence-corrected chi connectivity index (χ4v) is 2.32. The van der Waals surface area contributed by atoms with Crippen molar-refractivity contribution in [3.05, 3.63) is 34.2 Å². The van der Waals surface area contributed by atoms with E-state index in [0.717, 1.165) is 4.88 Å². The van der Waals surface area contributed by atoms with E-state index in [1.165, 1.54) is 11.3 Å². The van der Waals surface area contributed by atoms with Gasteiger partial charge in [-0.05, 0) is 26.0 Å². The van der Waals surface area contributed by atoms with E-state index in [0.29, 0.717) is 28.7 Å². The van der Waals surface area contributed by atoms with Gasteiger partial charge in [0.1, 0.15) is 0 Å². The smallest absolute Gasteiger partial charge is 0.265 e. The molecule has 6 heteroatoms. The summed E-state index contributed by atoms with van der Waals surface area (Å²) in [5.41, 5.74) is 6.99. The zero-order chi connectivity index (χ0) is 13.8. The molecular weight excluding hydrogens is 262 g/mol. The number of aryl methyl sites for hydroxylation is 1. The number of nitrogens with one attached hydrogen (secondary N) is 1. The Kier molecular flexibility index (Phi) is 4.01. The summed E-state index contributed by atoms with van der Waals surface area (Å²) in [5, 5.41) is 2.77. The lowest BCUT2D eigenvalue weighted by molar-refractivity contribution is 0.103. The molecular formula is C13H15N3O2S. The topological polar surface area (TPSA) is 77.2 Å². The number of thiophene rings is 1. The van der Waals surface area contributed by atoms with Gasteiger partial charge in [0.2, 0.25) is 5.88 Å². The predicted octanol–water partition coefficient (Wildman–Crippen LogP) is 2.68. The molecule has 2 rings (SSSR count). The molecule has 0 fully saturated rings. The van der Waals surface area contributed by atoms with E-state index in [-0.39, 0.29) is 5.91 Å². The fourth-order valence-electron chi connectivity index (χ4n) is 1.49. The second-order valence-corrected chi connectivity index (χ2v) is 5.15. The first-order valence-corrected chi connectivity index (χ1v) is 6.68. The monoisotopic (exact) mass is 277 g/mol. The van der Waals surface area contributed by atoms with E-state index in [2.05, 4.69) is 10.3 Å². The molecule has 2 aromatic rings. The Bertz CT molecular complexity index is 559. The van der Waals surface area contributed by atoms with Crippen molar-refractivity contribution in [1.29, 1.82) is 0 Å². The Labute approximate surface area is 115 Å². The number of aromatic nitrogens is 1. The van der Waals surface area contributed by atoms with Gasteiger partial charge in [-0.15, -0.1) is 11.3 Å². The first-order valence-electron chi connectivity index (χ1n) is 5.86. The Hall–Kier alpha value is -2.08. The molecule has 0 aliphatic carbocycles. The van der Waals surface area contributed by atoms with Gasteiger partial charge in [0.05, 0.1) is 23.4 Å². The summed E-state index contributed by atoms with van der Waals surface area (Å²) in [4.78, 5) is 17.6. The Morgan fingerprint density at radius 3 is 2.84 bits per heavy atom. The number of carbonyl (C=O) groups excluding carboxylic acids is 1. The van der Waals surface area contributed by atoms with Crippen molar-refractivity contribution in [2.75, 3.05) is 17.7 Å². The summed E-state index contributed by atoms with van der Waals surface area (Å²) in [7, 11) is 0. The van der Waals surface area contributed by atoms with Crippen molar-refractivity contribution in [2.24, 2.45) is 0 Å². The second kappa shape index (κ2) is 5.71. The normalized spacial score (nSPS) is 10.2. The Balaban J connectivity index is 2.06. The molecule has 0 aromatic carbocycles. The summed E-state index contributed by atoms with van der Waals surface area (Å²) in [6, 6.07) is 5.14. The number of rotatable bonds is 4. The van der Waals surface area contributed by atoms with Gasteiger partial charge < -0.3 is 15.8 Å². The second-order valence-electron chi connectivity index (χ2n) is 3.89. The van der Waals surface area contributed by atoms with Crippen LogP contribution < -0.4 is 15.8 Å². The highest BCUT2D eigenvalue weighted by molar-refractivity contribution is 7.14. The average molecular weight is 277 g/mol. The number of ether oxygens (including phenoxy) is 1. The highest BCUT2D eigenvalue weighted by Gasteiger charge is 2.11. The largest absolute Gasteiger partial charge is 0.478 e. The van der Waals surface area contributed by atoms with Gasteiger partial charge in [-0.2, -0.15) is 0 Å². The number of pyridine rings is 1. The third-order valence-corrected chi connectivity index (χ3v) is 3.53. The van der Waals surface area contributed by atoms with Crippen LogP contribution in [0.15, 0.2) is 24.4 Å². The third-order valence-electron chi connectivity index (χ3n) is 2.47. The van der Waals surface area contributed by atoms with Gasteiger partial charge in [-0.3, -0.25) is 4.79 Å². The lowest BCUT2D eigenvalue weighted by Crippen LogP contribution is -2.10. The van der Waals surface area contributed by atoms with Crippen LogP contribution in [0.2, 0.25) is 0 Å². The molecule has 1 amide bonds. The number of nitrogens with zero attached hydrogens (tertiary/aromatic N) is 1. The van der Waals surface area contributed by atoms with E-state index in [1.807, 2.05) is 13.8 Å². The summed E-state index contributed by atoms with van der Waals surface area (Å²) in [6.45, 7) is 4.34. The van der Waals surface area contributed by atoms with Crippen LogP contribution in [0.3, 0.4) is 0 Å². The maximum Gasteiger partial charge on any atom is 0.265 e. The van der Waals surface area contributed by atoms with E-state index < -0.39 is 0 Å². The van der Waals surface area contributed by atoms with Gasteiger partial charge in [0, 0.05) is 16.6 Å². The van der Waals surface area contributed by atoms with Gasteiger partial charge in [0.15, 0.2) is 0 Å². The molecule has 0 spiro atoms. The molecule has 0 radical (unpaired) electrons. The number of hydrogen-bond acceptors (Lipinski definition) is 5. The zero-order valence-electron chi connectivity index (χ0n) is 10.8. The van der Waals surface area contributed by atoms with Gasteiger partial charge >= 0.3 is 0 Å². The number of carbonyl (C=O) groups is 1. The maximum absolute atomic E-state index is 12.0. The van der Waals surface area contributed by atoms with E-state index >= 15 is 0 Å². The number of anilines is 2. The minimum Gasteiger partial charge on any atom is -0.478 e. The molecule has 0 unspecified atom stereocenters. The third kappa shape index (κ3) is 3.23. The highest BCUT2D eigenvalue weighted by atomic mass is 32.1. The summed E-state index contributed by atoms with van der Waals surface area (Å²) < 4.78 is 5.23. The van der Waals surface area contributed by atoms with Crippen molar-refractivity contribution in [2.45, 2.75) is 13.8 Å². The van der Waals surface area contributed by atoms with Crippen LogP contribution >= 0.6 is 11.3 Å². The van der Waals surface area contributed by atoms with Crippen molar-refractivity contribution >= 4 is 28.6 Å². The van der Waals surface area contributed by atoms with Crippen LogP contribution in [0, 0.1) is 6.92 Å². The molecule has 19 heavy (non-hydrogen) atoms. The van der Waals surface area contributed by atoms with E-state index in [1.54, 1.807) is 24.4 Å². The average Bonchev–Trinajstić information content (AvgIpc) is 2.72. The van der Waals surface area contributed by atoms with Crippen molar-refractivity contribution in [3.8, 4) is 5.88 Å². The molecule has 0 bridgehead atoms. The summed E-state index contributed by atoms with van der Waals surface area (Å²) >= 11 is 1.37. The van der Waals surface area contributed by atoms with Crippen LogP contribution in [-0.2, 0) is 0 Å². The number of hydrogen-bond donors (Lipinski definition) is 2. The first-order chi connectivity index (χ1) is 9.10. The lowest BCUT2D eigenvalue weighted by atomic mass is 10.3. The van der Waals surface area contributed by atoms with Crippen LogP contribution in [0.5, 0.6) is 5.88 Å². The molecule has 0 saturated carbocycles. The minimum absolute atomic E-state index is 0.184. The number of amides is 1. The quantitative estimate of drug-likeness (QED) is 0.900. The predicted molar refractivity (Wildman–Crippen MR) is 76.8 cm³/mol. The van der Waals surface area contributed by atoms with Crippen LogP contribution in [0.1, 0.15) is 21.5 Å². The van der Waals surface area contributed by atoms with Crippen LogP contribution in [-0.4, -0.2) is 17.5 Å². The molecule has 3 N–H and O–H groups in total. The minimum atomic E-state index is -0.184. The van der Waals surface area contributed by atoms with Gasteiger partial charge in [0.25, 0.3) is 5.91 Å². The van der Waals surface area contributed by atoms with Crippen molar-refractivity contribution < 1.29 is 9.53 Å². The molecule has 2 aromatic heterocycles. The van der Waals surface area contributed by atoms with Crippen LogP contribution in [0.25, 0.3) is 0 Å². The SMILES string of the molecule is CCOc1ccc(NC(=O)c2cc(N)c(C)s2)cn1. The van der Waals surface area contributed by atoms with Crippen LogP contribution in [0.4, 0.5) is 11.4 Å². The zero-order valence-corrected chi connectivity index (χ0v) is 11.6. The molecule has 0 aliphatic heterocycles. The first kappa shape index (κ1) is 13.4. The molecule has 0 atom stereocenters. The maximum atomic E-state index is 12.0. The summed E-state index contributed by atoms with van der Waals surface area (Å²) in [6.07, 6.45) is 1.56. The molecule has 2 heterocycles. The molecule has 0 aliphatic rings.